The lowest BCUT2D eigenvalue weighted by Crippen LogP contribution is -2.52. The third-order valence-corrected chi connectivity index (χ3v) is 3.25. The molecule has 1 atom stereocenters. The lowest BCUT2D eigenvalue weighted by atomic mass is 9.96. The Balaban J connectivity index is 2.47. The van der Waals surface area contributed by atoms with Crippen LogP contribution >= 0.6 is 0 Å². The Morgan fingerprint density at radius 2 is 1.84 bits per heavy atom. The van der Waals surface area contributed by atoms with E-state index in [0.29, 0.717) is 0 Å². The summed E-state index contributed by atoms with van der Waals surface area (Å²) in [6, 6.07) is -0.985. The predicted octanol–water partition coefficient (Wildman–Crippen LogP) is 1.74. The van der Waals surface area contributed by atoms with Crippen LogP contribution in [-0.4, -0.2) is 35.4 Å². The highest BCUT2D eigenvalue weighted by Crippen LogP contribution is 2.48. The molecule has 0 aliphatic heterocycles. The van der Waals surface area contributed by atoms with Crippen molar-refractivity contribution in [1.29, 1.82) is 0 Å². The number of carbonyl (C=O) groups is 2. The summed E-state index contributed by atoms with van der Waals surface area (Å²) in [5, 5.41) is 12.9. The number of nitrogens with one attached hydrogen (secondary N) is 2. The van der Waals surface area contributed by atoms with Crippen LogP contribution < -0.4 is 10.6 Å². The molecule has 0 spiro atoms. The second kappa shape index (κ2) is 5.26. The monoisotopic (exact) mass is 282 g/mol. The van der Waals surface area contributed by atoms with Crippen molar-refractivity contribution >= 4 is 12.0 Å². The van der Waals surface area contributed by atoms with E-state index in [1.807, 2.05) is 5.32 Å². The summed E-state index contributed by atoms with van der Waals surface area (Å²) in [6.07, 6.45) is -4.76. The van der Waals surface area contributed by atoms with Crippen molar-refractivity contribution in [3.05, 3.63) is 0 Å². The summed E-state index contributed by atoms with van der Waals surface area (Å²) in [5.74, 6) is -2.14. The first-order valence-electron chi connectivity index (χ1n) is 5.94. The molecule has 0 bridgehead atoms. The van der Waals surface area contributed by atoms with Gasteiger partial charge in [0.05, 0.1) is 5.92 Å². The molecule has 1 aliphatic carbocycles. The van der Waals surface area contributed by atoms with E-state index in [9.17, 15) is 22.8 Å². The Hall–Kier alpha value is -1.47. The molecule has 1 rings (SSSR count). The van der Waals surface area contributed by atoms with Crippen molar-refractivity contribution in [1.82, 2.24) is 10.6 Å². The minimum Gasteiger partial charge on any atom is -0.481 e. The van der Waals surface area contributed by atoms with Gasteiger partial charge >= 0.3 is 18.2 Å². The van der Waals surface area contributed by atoms with Crippen LogP contribution in [0.4, 0.5) is 18.0 Å². The van der Waals surface area contributed by atoms with Crippen LogP contribution in [0.15, 0.2) is 0 Å². The van der Waals surface area contributed by atoms with E-state index in [4.69, 9.17) is 5.11 Å². The molecule has 19 heavy (non-hydrogen) atoms. The molecule has 1 saturated carbocycles. The molecular formula is C11H17F3N2O3. The van der Waals surface area contributed by atoms with Crippen molar-refractivity contribution in [2.75, 3.05) is 6.54 Å². The number of urea groups is 1. The molecule has 0 radical (unpaired) electrons. The Morgan fingerprint density at radius 3 is 2.16 bits per heavy atom. The first-order chi connectivity index (χ1) is 8.59. The van der Waals surface area contributed by atoms with E-state index in [2.05, 4.69) is 5.32 Å². The molecule has 1 aliphatic rings. The van der Waals surface area contributed by atoms with E-state index in [-0.39, 0.29) is 25.3 Å². The fourth-order valence-corrected chi connectivity index (χ4v) is 1.68. The lowest BCUT2D eigenvalue weighted by Gasteiger charge is -2.22. The number of carbonyl (C=O) groups excluding carboxylic acids is 1. The zero-order valence-corrected chi connectivity index (χ0v) is 10.7. The predicted molar refractivity (Wildman–Crippen MR) is 60.5 cm³/mol. The van der Waals surface area contributed by atoms with Crippen molar-refractivity contribution in [2.24, 2.45) is 11.8 Å². The number of amides is 2. The lowest BCUT2D eigenvalue weighted by molar-refractivity contribution is -0.162. The molecule has 2 amide bonds. The van der Waals surface area contributed by atoms with Gasteiger partial charge in [0, 0.05) is 6.54 Å². The van der Waals surface area contributed by atoms with Crippen molar-refractivity contribution < 1.29 is 27.9 Å². The molecule has 0 aromatic carbocycles. The Labute approximate surface area is 108 Å². The maximum absolute atomic E-state index is 12.6. The van der Waals surface area contributed by atoms with Crippen molar-refractivity contribution in [3.63, 3.8) is 0 Å². The molecule has 1 fully saturated rings. The Bertz CT molecular complexity index is 365. The number of hydrogen-bond donors (Lipinski definition) is 3. The third-order valence-electron chi connectivity index (χ3n) is 3.25. The summed E-state index contributed by atoms with van der Waals surface area (Å²) < 4.78 is 37.7. The zero-order valence-electron chi connectivity index (χ0n) is 10.7. The van der Waals surface area contributed by atoms with Gasteiger partial charge in [0.25, 0.3) is 0 Å². The quantitative estimate of drug-likeness (QED) is 0.718. The topological polar surface area (TPSA) is 78.4 Å². The van der Waals surface area contributed by atoms with E-state index in [0.717, 1.165) is 0 Å². The van der Waals surface area contributed by atoms with Crippen LogP contribution in [0.5, 0.6) is 0 Å². The first-order valence-corrected chi connectivity index (χ1v) is 5.94. The van der Waals surface area contributed by atoms with E-state index >= 15 is 0 Å². The molecule has 5 nitrogen and oxygen atoms in total. The van der Waals surface area contributed by atoms with Gasteiger partial charge in [-0.2, -0.15) is 13.2 Å². The number of alkyl halides is 3. The highest BCUT2D eigenvalue weighted by Gasteiger charge is 2.64. The van der Waals surface area contributed by atoms with Gasteiger partial charge in [-0.25, -0.2) is 4.79 Å². The van der Waals surface area contributed by atoms with Crippen LogP contribution in [-0.2, 0) is 4.79 Å². The smallest absolute Gasteiger partial charge is 0.411 e. The summed E-state index contributed by atoms with van der Waals surface area (Å²) in [6.45, 7) is 3.12. The second-order valence-electron chi connectivity index (χ2n) is 5.10. The third kappa shape index (κ3) is 3.74. The van der Waals surface area contributed by atoms with Crippen LogP contribution in [0.3, 0.4) is 0 Å². The Kier molecular flexibility index (Phi) is 4.32. The molecule has 0 saturated heterocycles. The molecule has 3 N–H and O–H groups in total. The van der Waals surface area contributed by atoms with Gasteiger partial charge in [-0.1, -0.05) is 13.8 Å². The highest BCUT2D eigenvalue weighted by atomic mass is 19.4. The fraction of sp³-hybridized carbons (Fsp3) is 0.818. The molecule has 0 heterocycles. The number of hydrogen-bond acceptors (Lipinski definition) is 2. The van der Waals surface area contributed by atoms with E-state index < -0.39 is 29.6 Å². The van der Waals surface area contributed by atoms with Gasteiger partial charge in [0.2, 0.25) is 0 Å². The molecule has 0 aromatic rings. The van der Waals surface area contributed by atoms with Crippen LogP contribution in [0.2, 0.25) is 0 Å². The van der Waals surface area contributed by atoms with Gasteiger partial charge in [0.1, 0.15) is 5.54 Å². The summed E-state index contributed by atoms with van der Waals surface area (Å²) in [7, 11) is 0. The van der Waals surface area contributed by atoms with Crippen LogP contribution in [0.25, 0.3) is 0 Å². The summed E-state index contributed by atoms with van der Waals surface area (Å²) in [4.78, 5) is 22.2. The minimum absolute atomic E-state index is 0.142. The minimum atomic E-state index is -4.48. The Morgan fingerprint density at radius 1 is 1.32 bits per heavy atom. The van der Waals surface area contributed by atoms with Gasteiger partial charge in [0.15, 0.2) is 0 Å². The maximum atomic E-state index is 12.6. The normalized spacial score (nSPS) is 18.8. The summed E-state index contributed by atoms with van der Waals surface area (Å²) in [5.41, 5.74) is -2.13. The summed E-state index contributed by atoms with van der Waals surface area (Å²) >= 11 is 0. The molecule has 1 unspecified atom stereocenters. The van der Waals surface area contributed by atoms with Crippen molar-refractivity contribution in [3.8, 4) is 0 Å². The second-order valence-corrected chi connectivity index (χ2v) is 5.10. The molecular weight excluding hydrogens is 265 g/mol. The zero-order chi connectivity index (χ0) is 14.8. The number of rotatable bonds is 5. The molecule has 8 heteroatoms. The van der Waals surface area contributed by atoms with Gasteiger partial charge in [-0.3, -0.25) is 4.79 Å². The van der Waals surface area contributed by atoms with Crippen LogP contribution in [0, 0.1) is 11.8 Å². The number of aliphatic carboxylic acids is 1. The SMILES string of the molecule is CC(C)C(CNC(=O)NC1(C(F)(F)F)CC1)C(=O)O. The van der Waals surface area contributed by atoms with E-state index in [1.54, 1.807) is 13.8 Å². The number of halogens is 3. The highest BCUT2D eigenvalue weighted by molar-refractivity contribution is 5.77. The largest absolute Gasteiger partial charge is 0.481 e. The average Bonchev–Trinajstić information content (AvgIpc) is 2.96. The van der Waals surface area contributed by atoms with E-state index in [1.165, 1.54) is 0 Å². The molecule has 0 aromatic heterocycles. The van der Waals surface area contributed by atoms with Gasteiger partial charge in [-0.05, 0) is 18.8 Å². The fourth-order valence-electron chi connectivity index (χ4n) is 1.68. The average molecular weight is 282 g/mol. The standard InChI is InChI=1S/C11H17F3N2O3/c1-6(2)7(8(17)18)5-15-9(19)16-10(3-4-10)11(12,13)14/h6-7H,3-5H2,1-2H3,(H,17,18)(H2,15,16,19). The van der Waals surface area contributed by atoms with Gasteiger partial charge in [-0.15, -0.1) is 0 Å². The van der Waals surface area contributed by atoms with Crippen molar-refractivity contribution in [2.45, 2.75) is 38.4 Å². The maximum Gasteiger partial charge on any atom is 0.411 e. The van der Waals surface area contributed by atoms with Crippen LogP contribution in [0.1, 0.15) is 26.7 Å². The van der Waals surface area contributed by atoms with Gasteiger partial charge < -0.3 is 15.7 Å². The number of carboxylic acid groups (broad SMARTS) is 1. The molecule has 110 valence electrons. The number of carboxylic acids is 1. The first kappa shape index (κ1) is 15.6.